The van der Waals surface area contributed by atoms with Gasteiger partial charge in [0.25, 0.3) is 5.91 Å². The van der Waals surface area contributed by atoms with Crippen molar-refractivity contribution in [3.63, 3.8) is 0 Å². The summed E-state index contributed by atoms with van der Waals surface area (Å²) in [6, 6.07) is 10.5. The maximum atomic E-state index is 13.3. The van der Waals surface area contributed by atoms with Gasteiger partial charge in [0, 0.05) is 38.6 Å². The van der Waals surface area contributed by atoms with Gasteiger partial charge in [-0.05, 0) is 25.2 Å². The number of amides is 1. The number of benzene rings is 1. The van der Waals surface area contributed by atoms with Gasteiger partial charge in [-0.1, -0.05) is 44.2 Å². The fraction of sp³-hybridized carbons (Fsp3) is 0.500. The number of hydrogen-bond donors (Lipinski definition) is 0. The maximum Gasteiger partial charge on any atom is 0.258 e. The van der Waals surface area contributed by atoms with Gasteiger partial charge in [-0.15, -0.1) is 11.8 Å². The van der Waals surface area contributed by atoms with Crippen molar-refractivity contribution in [3.8, 4) is 0 Å². The number of thioether (sulfide) groups is 1. The molecule has 2 aromatic rings. The fourth-order valence-corrected chi connectivity index (χ4v) is 4.18. The first-order valence-electron chi connectivity index (χ1n) is 9.97. The van der Waals surface area contributed by atoms with E-state index >= 15 is 0 Å². The van der Waals surface area contributed by atoms with Gasteiger partial charge < -0.3 is 4.90 Å². The first kappa shape index (κ1) is 20.8. The van der Waals surface area contributed by atoms with Crippen LogP contribution in [0.25, 0.3) is 0 Å². The van der Waals surface area contributed by atoms with Crippen LogP contribution in [-0.2, 0) is 6.54 Å². The summed E-state index contributed by atoms with van der Waals surface area (Å²) in [6.45, 7) is 10.4. The lowest BCUT2D eigenvalue weighted by molar-refractivity contribution is 0.0755. The van der Waals surface area contributed by atoms with Crippen molar-refractivity contribution in [2.24, 2.45) is 0 Å². The molecule has 5 nitrogen and oxygen atoms in total. The molecule has 1 aromatic heterocycles. The Hall–Kier alpha value is -1.92. The van der Waals surface area contributed by atoms with Crippen LogP contribution in [0.3, 0.4) is 0 Å². The van der Waals surface area contributed by atoms with Gasteiger partial charge in [0.05, 0.1) is 11.3 Å². The number of carbonyl (C=O) groups excluding carboxylic acids is 1. The van der Waals surface area contributed by atoms with E-state index in [1.807, 2.05) is 24.1 Å². The first-order valence-corrected chi connectivity index (χ1v) is 11.2. The van der Waals surface area contributed by atoms with E-state index in [0.717, 1.165) is 55.7 Å². The lowest BCUT2D eigenvalue weighted by Crippen LogP contribution is -2.36. The standard InChI is InChI=1S/C22H30N4OS/c1-16(2)20-23-17(3)19(21(24-20)28-4)22(27)26-12-8-11-25(13-14-26)15-18-9-6-5-7-10-18/h5-7,9-10,16H,8,11-15H2,1-4H3. The van der Waals surface area contributed by atoms with Crippen molar-refractivity contribution in [3.05, 3.63) is 53.0 Å². The van der Waals surface area contributed by atoms with Crippen LogP contribution in [0.5, 0.6) is 0 Å². The van der Waals surface area contributed by atoms with E-state index in [2.05, 4.69) is 53.0 Å². The molecule has 6 heteroatoms. The molecule has 0 bridgehead atoms. The van der Waals surface area contributed by atoms with E-state index in [-0.39, 0.29) is 11.8 Å². The number of carbonyl (C=O) groups is 1. The molecule has 0 radical (unpaired) electrons. The molecule has 3 rings (SSSR count). The molecule has 1 aliphatic rings. The Kier molecular flexibility index (Phi) is 7.08. The lowest BCUT2D eigenvalue weighted by Gasteiger charge is -2.23. The molecule has 0 unspecified atom stereocenters. The molecular weight excluding hydrogens is 368 g/mol. The molecule has 1 saturated heterocycles. The fourth-order valence-electron chi connectivity index (χ4n) is 3.55. The Balaban J connectivity index is 1.73. The summed E-state index contributed by atoms with van der Waals surface area (Å²) in [7, 11) is 0. The average molecular weight is 399 g/mol. The summed E-state index contributed by atoms with van der Waals surface area (Å²) in [5, 5.41) is 0.798. The predicted molar refractivity (Wildman–Crippen MR) is 115 cm³/mol. The zero-order valence-electron chi connectivity index (χ0n) is 17.3. The number of aromatic nitrogens is 2. The molecule has 0 atom stereocenters. The van der Waals surface area contributed by atoms with Crippen LogP contribution in [0.15, 0.2) is 35.4 Å². The molecular formula is C22H30N4OS. The van der Waals surface area contributed by atoms with Crippen molar-refractivity contribution >= 4 is 17.7 Å². The minimum absolute atomic E-state index is 0.0683. The maximum absolute atomic E-state index is 13.3. The summed E-state index contributed by atoms with van der Waals surface area (Å²) in [5.74, 6) is 1.13. The molecule has 1 aliphatic heterocycles. The first-order chi connectivity index (χ1) is 13.5. The van der Waals surface area contributed by atoms with Gasteiger partial charge in [0.1, 0.15) is 10.9 Å². The highest BCUT2D eigenvalue weighted by Gasteiger charge is 2.26. The molecule has 2 heterocycles. The normalized spacial score (nSPS) is 15.7. The average Bonchev–Trinajstić information content (AvgIpc) is 2.93. The van der Waals surface area contributed by atoms with Crippen LogP contribution in [0, 0.1) is 6.92 Å². The van der Waals surface area contributed by atoms with Gasteiger partial charge in [-0.2, -0.15) is 0 Å². The number of aryl methyl sites for hydroxylation is 1. The smallest absolute Gasteiger partial charge is 0.258 e. The van der Waals surface area contributed by atoms with Crippen LogP contribution < -0.4 is 0 Å². The van der Waals surface area contributed by atoms with Crippen molar-refractivity contribution in [2.75, 3.05) is 32.4 Å². The van der Waals surface area contributed by atoms with Gasteiger partial charge in [-0.3, -0.25) is 9.69 Å². The Bertz CT molecular complexity index is 810. The van der Waals surface area contributed by atoms with Crippen molar-refractivity contribution < 1.29 is 4.79 Å². The molecule has 1 fully saturated rings. The van der Waals surface area contributed by atoms with E-state index in [1.165, 1.54) is 17.3 Å². The van der Waals surface area contributed by atoms with Crippen LogP contribution in [-0.4, -0.2) is 58.1 Å². The highest BCUT2D eigenvalue weighted by atomic mass is 32.2. The van der Waals surface area contributed by atoms with E-state index in [9.17, 15) is 4.79 Å². The monoisotopic (exact) mass is 398 g/mol. The molecule has 0 N–H and O–H groups in total. The molecule has 0 aliphatic carbocycles. The lowest BCUT2D eigenvalue weighted by atomic mass is 10.1. The van der Waals surface area contributed by atoms with Crippen molar-refractivity contribution in [1.29, 1.82) is 0 Å². The minimum Gasteiger partial charge on any atom is -0.337 e. The van der Waals surface area contributed by atoms with E-state index in [1.54, 1.807) is 0 Å². The van der Waals surface area contributed by atoms with Gasteiger partial charge >= 0.3 is 0 Å². The second-order valence-corrected chi connectivity index (χ2v) is 8.41. The van der Waals surface area contributed by atoms with Gasteiger partial charge in [0.15, 0.2) is 0 Å². The summed E-state index contributed by atoms with van der Waals surface area (Å²) in [5.41, 5.74) is 2.78. The van der Waals surface area contributed by atoms with E-state index in [4.69, 9.17) is 0 Å². The topological polar surface area (TPSA) is 49.3 Å². The largest absolute Gasteiger partial charge is 0.337 e. The highest BCUT2D eigenvalue weighted by Crippen LogP contribution is 2.25. The minimum atomic E-state index is 0.0683. The second-order valence-electron chi connectivity index (χ2n) is 7.61. The zero-order chi connectivity index (χ0) is 20.1. The second kappa shape index (κ2) is 9.52. The number of hydrogen-bond acceptors (Lipinski definition) is 5. The molecule has 1 aromatic carbocycles. The predicted octanol–water partition coefficient (Wildman–Crippen LogP) is 3.98. The van der Waals surface area contributed by atoms with E-state index < -0.39 is 0 Å². The molecule has 1 amide bonds. The Labute approximate surface area is 172 Å². The van der Waals surface area contributed by atoms with E-state index in [0.29, 0.717) is 5.56 Å². The van der Waals surface area contributed by atoms with Crippen molar-refractivity contribution in [2.45, 2.75) is 44.7 Å². The summed E-state index contributed by atoms with van der Waals surface area (Å²) in [6.07, 6.45) is 2.96. The Morgan fingerprint density at radius 3 is 2.54 bits per heavy atom. The van der Waals surface area contributed by atoms with Crippen LogP contribution >= 0.6 is 11.8 Å². The molecule has 0 spiro atoms. The zero-order valence-corrected chi connectivity index (χ0v) is 18.1. The number of rotatable bonds is 5. The quantitative estimate of drug-likeness (QED) is 0.563. The van der Waals surface area contributed by atoms with Gasteiger partial charge in [-0.25, -0.2) is 9.97 Å². The molecule has 28 heavy (non-hydrogen) atoms. The Morgan fingerprint density at radius 1 is 1.11 bits per heavy atom. The van der Waals surface area contributed by atoms with Gasteiger partial charge in [0.2, 0.25) is 0 Å². The highest BCUT2D eigenvalue weighted by molar-refractivity contribution is 7.98. The Morgan fingerprint density at radius 2 is 1.86 bits per heavy atom. The molecule has 0 saturated carbocycles. The third-order valence-electron chi connectivity index (χ3n) is 5.12. The number of nitrogens with zero attached hydrogens (tertiary/aromatic N) is 4. The molecule has 150 valence electrons. The van der Waals surface area contributed by atoms with Crippen molar-refractivity contribution in [1.82, 2.24) is 19.8 Å². The van der Waals surface area contributed by atoms with Crippen LogP contribution in [0.1, 0.15) is 53.6 Å². The SMILES string of the molecule is CSc1nc(C(C)C)nc(C)c1C(=O)N1CCCN(Cc2ccccc2)CC1. The summed E-state index contributed by atoms with van der Waals surface area (Å²) in [4.78, 5) is 27.0. The summed E-state index contributed by atoms with van der Waals surface area (Å²) >= 11 is 1.53. The third kappa shape index (κ3) is 4.92. The van der Waals surface area contributed by atoms with Crippen LogP contribution in [0.2, 0.25) is 0 Å². The summed E-state index contributed by atoms with van der Waals surface area (Å²) < 4.78 is 0. The third-order valence-corrected chi connectivity index (χ3v) is 5.80. The van der Waals surface area contributed by atoms with Crippen LogP contribution in [0.4, 0.5) is 0 Å².